The molecule has 5 atom stereocenters. The number of unbranched alkanes of at least 4 members (excludes halogenated alkanes) is 26. The number of nitrogens with one attached hydrogen (secondary N) is 1. The molecule has 1 aliphatic rings. The quantitative estimate of drug-likeness (QED) is 0.0415. The van der Waals surface area contributed by atoms with Gasteiger partial charge in [0, 0.05) is 6.54 Å². The SMILES string of the molecule is CCCCCCCCCCCCCCCCCCN(C(=O)OCCCCCCCCCCCCCC)[C@@H]1O[C@H](CO)[C@H](O)[C@H](O)[C@H]1NC(=O)CN. The number of nitrogens with two attached hydrogens (primary N) is 1. The molecule has 0 aliphatic carbocycles. The fraction of sp³-hybridized carbons (Fsp3) is 0.951. The smallest absolute Gasteiger partial charge is 0.411 e. The van der Waals surface area contributed by atoms with Crippen LogP contribution in [-0.4, -0.2) is 89.1 Å². The van der Waals surface area contributed by atoms with Crippen molar-refractivity contribution in [2.75, 3.05) is 26.3 Å². The van der Waals surface area contributed by atoms with Crippen molar-refractivity contribution >= 4 is 12.0 Å². The van der Waals surface area contributed by atoms with Crippen molar-refractivity contribution in [2.45, 2.75) is 224 Å². The third kappa shape index (κ3) is 23.0. The Morgan fingerprint density at radius 2 is 1.02 bits per heavy atom. The van der Waals surface area contributed by atoms with E-state index in [9.17, 15) is 24.9 Å². The zero-order valence-corrected chi connectivity index (χ0v) is 33.0. The molecule has 10 heteroatoms. The Labute approximate surface area is 312 Å². The summed E-state index contributed by atoms with van der Waals surface area (Å²) in [6, 6.07) is -1.13. The molecule has 302 valence electrons. The number of aliphatic hydroxyl groups is 3. The molecule has 0 spiro atoms. The number of carbonyl (C=O) groups is 2. The van der Waals surface area contributed by atoms with E-state index in [1.165, 1.54) is 140 Å². The van der Waals surface area contributed by atoms with Gasteiger partial charge in [-0.1, -0.05) is 181 Å². The number of hydrogen-bond acceptors (Lipinski definition) is 8. The average molecular weight is 728 g/mol. The van der Waals surface area contributed by atoms with Gasteiger partial charge < -0.3 is 35.8 Å². The van der Waals surface area contributed by atoms with E-state index in [0.717, 1.165) is 38.5 Å². The highest BCUT2D eigenvalue weighted by Crippen LogP contribution is 2.25. The third-order valence-corrected chi connectivity index (χ3v) is 10.4. The molecule has 10 nitrogen and oxygen atoms in total. The minimum Gasteiger partial charge on any atom is -0.449 e. The minimum atomic E-state index is -1.46. The lowest BCUT2D eigenvalue weighted by molar-refractivity contribution is -0.226. The summed E-state index contributed by atoms with van der Waals surface area (Å²) < 4.78 is 11.7. The van der Waals surface area contributed by atoms with Crippen molar-refractivity contribution in [2.24, 2.45) is 5.73 Å². The summed E-state index contributed by atoms with van der Waals surface area (Å²) in [6.07, 6.45) is 28.6. The lowest BCUT2D eigenvalue weighted by Gasteiger charge is -2.46. The summed E-state index contributed by atoms with van der Waals surface area (Å²) in [5.41, 5.74) is 5.53. The van der Waals surface area contributed by atoms with Crippen LogP contribution < -0.4 is 11.1 Å². The van der Waals surface area contributed by atoms with E-state index < -0.39 is 49.2 Å². The fourth-order valence-corrected chi connectivity index (χ4v) is 7.10. The highest BCUT2D eigenvalue weighted by Gasteiger charge is 2.48. The van der Waals surface area contributed by atoms with Crippen LogP contribution in [0.4, 0.5) is 4.79 Å². The highest BCUT2D eigenvalue weighted by atomic mass is 16.6. The van der Waals surface area contributed by atoms with Gasteiger partial charge in [-0.3, -0.25) is 9.69 Å². The molecule has 1 rings (SSSR count). The summed E-state index contributed by atoms with van der Waals surface area (Å²) in [6.45, 7) is 4.21. The van der Waals surface area contributed by atoms with E-state index in [0.29, 0.717) is 13.0 Å². The van der Waals surface area contributed by atoms with Crippen LogP contribution in [0.1, 0.15) is 194 Å². The third-order valence-electron chi connectivity index (χ3n) is 10.4. The van der Waals surface area contributed by atoms with Gasteiger partial charge in [0.2, 0.25) is 5.91 Å². The number of nitrogens with zero attached hydrogens (tertiary/aromatic N) is 1. The molecule has 1 aliphatic heterocycles. The summed E-state index contributed by atoms with van der Waals surface area (Å²) >= 11 is 0. The maximum atomic E-state index is 13.5. The Kier molecular flexibility index (Phi) is 30.9. The number of amides is 2. The molecule has 1 saturated heterocycles. The first-order valence-electron chi connectivity index (χ1n) is 21.5. The largest absolute Gasteiger partial charge is 0.449 e. The lowest BCUT2D eigenvalue weighted by atomic mass is 9.95. The first kappa shape index (κ1) is 47.6. The van der Waals surface area contributed by atoms with Gasteiger partial charge in [-0.05, 0) is 12.8 Å². The van der Waals surface area contributed by atoms with Crippen LogP contribution in [0.2, 0.25) is 0 Å². The van der Waals surface area contributed by atoms with Crippen molar-refractivity contribution in [1.29, 1.82) is 0 Å². The fourth-order valence-electron chi connectivity index (χ4n) is 7.10. The van der Waals surface area contributed by atoms with Gasteiger partial charge in [-0.25, -0.2) is 4.79 Å². The topological polar surface area (TPSA) is 155 Å². The van der Waals surface area contributed by atoms with E-state index in [1.54, 1.807) is 0 Å². The Bertz CT molecular complexity index is 820. The summed E-state index contributed by atoms with van der Waals surface area (Å²) in [4.78, 5) is 27.2. The van der Waals surface area contributed by atoms with Crippen LogP contribution in [0.3, 0.4) is 0 Å². The summed E-state index contributed by atoms with van der Waals surface area (Å²) in [7, 11) is 0. The molecule has 2 amide bonds. The predicted octanol–water partition coefficient (Wildman–Crippen LogP) is 8.27. The van der Waals surface area contributed by atoms with Crippen LogP contribution in [0.25, 0.3) is 0 Å². The Hall–Kier alpha value is -1.46. The molecule has 0 aromatic rings. The molecule has 0 bridgehead atoms. The Morgan fingerprint density at radius 1 is 0.627 bits per heavy atom. The molecule has 6 N–H and O–H groups in total. The van der Waals surface area contributed by atoms with E-state index in [4.69, 9.17) is 15.2 Å². The van der Waals surface area contributed by atoms with Crippen molar-refractivity contribution in [3.8, 4) is 0 Å². The maximum absolute atomic E-state index is 13.5. The predicted molar refractivity (Wildman–Crippen MR) is 207 cm³/mol. The minimum absolute atomic E-state index is 0.271. The number of carbonyl (C=O) groups excluding carboxylic acids is 2. The van der Waals surface area contributed by atoms with Gasteiger partial charge in [0.05, 0.1) is 19.8 Å². The van der Waals surface area contributed by atoms with Crippen LogP contribution in [0, 0.1) is 0 Å². The molecule has 0 aromatic heterocycles. The molecular weight excluding hydrogens is 646 g/mol. The molecule has 51 heavy (non-hydrogen) atoms. The second-order valence-corrected chi connectivity index (χ2v) is 15.0. The second-order valence-electron chi connectivity index (χ2n) is 15.0. The van der Waals surface area contributed by atoms with Crippen LogP contribution >= 0.6 is 0 Å². The molecule has 1 heterocycles. The average Bonchev–Trinajstić information content (AvgIpc) is 3.13. The van der Waals surface area contributed by atoms with E-state index in [1.807, 2.05) is 0 Å². The van der Waals surface area contributed by atoms with Crippen LogP contribution in [0.5, 0.6) is 0 Å². The van der Waals surface area contributed by atoms with Gasteiger partial charge in [0.15, 0.2) is 6.23 Å². The molecule has 0 unspecified atom stereocenters. The number of rotatable bonds is 34. The van der Waals surface area contributed by atoms with Gasteiger partial charge in [-0.2, -0.15) is 0 Å². The standard InChI is InChI=1S/C41H81N3O7/c1-3-5-7-9-11-13-15-17-18-19-20-21-23-25-27-29-31-44(40-37(43-36(46)33-42)39(48)38(47)35(34-45)51-40)41(49)50-32-30-28-26-24-22-16-14-12-10-8-6-4-2/h35,37-40,45,47-48H,3-34,42H2,1-2H3,(H,43,46)/t35-,37-,38+,39-,40-/m1/s1. The first-order chi connectivity index (χ1) is 24.9. The van der Waals surface area contributed by atoms with Crippen molar-refractivity contribution in [3.05, 3.63) is 0 Å². The van der Waals surface area contributed by atoms with E-state index >= 15 is 0 Å². The molecule has 0 aromatic carbocycles. The Balaban J connectivity index is 2.51. The number of hydrogen-bond donors (Lipinski definition) is 5. The van der Waals surface area contributed by atoms with Crippen molar-refractivity contribution in [1.82, 2.24) is 10.2 Å². The zero-order chi connectivity index (χ0) is 37.4. The van der Waals surface area contributed by atoms with Gasteiger partial charge >= 0.3 is 6.09 Å². The molecule has 1 fully saturated rings. The zero-order valence-electron chi connectivity index (χ0n) is 33.0. The maximum Gasteiger partial charge on any atom is 0.411 e. The molecule has 0 radical (unpaired) electrons. The monoisotopic (exact) mass is 728 g/mol. The van der Waals surface area contributed by atoms with Gasteiger partial charge in [-0.15, -0.1) is 0 Å². The van der Waals surface area contributed by atoms with Gasteiger partial charge in [0.1, 0.15) is 24.4 Å². The normalized spacial score (nSPS) is 20.4. The summed E-state index contributed by atoms with van der Waals surface area (Å²) in [5, 5.41) is 33.9. The first-order valence-corrected chi connectivity index (χ1v) is 21.5. The van der Waals surface area contributed by atoms with E-state index in [2.05, 4.69) is 19.2 Å². The molecule has 0 saturated carbocycles. The second kappa shape index (κ2) is 33.1. The van der Waals surface area contributed by atoms with Crippen molar-refractivity contribution < 1.29 is 34.4 Å². The van der Waals surface area contributed by atoms with Gasteiger partial charge in [0.25, 0.3) is 0 Å². The lowest BCUT2D eigenvalue weighted by Crippen LogP contribution is -2.69. The van der Waals surface area contributed by atoms with Crippen LogP contribution in [-0.2, 0) is 14.3 Å². The molecular formula is C41H81N3O7. The Morgan fingerprint density at radius 3 is 1.41 bits per heavy atom. The highest BCUT2D eigenvalue weighted by molar-refractivity contribution is 5.78. The number of aliphatic hydroxyl groups excluding tert-OH is 3. The van der Waals surface area contributed by atoms with Crippen LogP contribution in [0.15, 0.2) is 0 Å². The summed E-state index contributed by atoms with van der Waals surface area (Å²) in [5.74, 6) is -0.547. The number of ether oxygens (including phenoxy) is 2. The van der Waals surface area contributed by atoms with Crippen molar-refractivity contribution in [3.63, 3.8) is 0 Å². The van der Waals surface area contributed by atoms with E-state index in [-0.39, 0.29) is 13.2 Å².